The number of carbonyl (C=O) groups is 1. The lowest BCUT2D eigenvalue weighted by molar-refractivity contribution is -0.144. The Labute approximate surface area is 263 Å². The zero-order valence-electron chi connectivity index (χ0n) is 23.7. The molecule has 40 heavy (non-hydrogen) atoms. The van der Waals surface area contributed by atoms with Gasteiger partial charge in [-0.25, -0.2) is 0 Å². The predicted molar refractivity (Wildman–Crippen MR) is 175 cm³/mol. The van der Waals surface area contributed by atoms with Gasteiger partial charge >= 0.3 is 5.97 Å². The fourth-order valence-electron chi connectivity index (χ4n) is 5.28. The van der Waals surface area contributed by atoms with Crippen LogP contribution in [0.4, 0.5) is 0 Å². The third kappa shape index (κ3) is 10.9. The molecule has 8 heteroatoms. The monoisotopic (exact) mass is 626 g/mol. The van der Waals surface area contributed by atoms with E-state index in [4.69, 9.17) is 16.3 Å². The highest BCUT2D eigenvalue weighted by Crippen LogP contribution is 2.46. The molecule has 0 saturated carbocycles. The van der Waals surface area contributed by atoms with Gasteiger partial charge in [0.05, 0.1) is 0 Å². The van der Waals surface area contributed by atoms with Gasteiger partial charge in [-0.3, -0.25) is 9.69 Å². The summed E-state index contributed by atoms with van der Waals surface area (Å²) in [5, 5.41) is 0.786. The molecular formula is C32H45Cl3N2O2S. The Kier molecular flexibility index (Phi) is 16.7. The molecule has 4 nitrogen and oxygen atoms in total. The van der Waals surface area contributed by atoms with Crippen LogP contribution in [0.25, 0.3) is 5.57 Å². The maximum absolute atomic E-state index is 12.0. The van der Waals surface area contributed by atoms with Crippen molar-refractivity contribution in [1.29, 1.82) is 0 Å². The standard InChI is InChI=1S/C32H43ClN2O2S.2ClH/c1-2-3-4-5-6-7-8-15-32(36)37-24-23-35-21-19-34(20-22-35)18-11-13-27-28-12-9-10-14-30(28)38-31-17-16-26(33)25-29(27)31;;/h9-10,12-14,16-17,25H,2-8,11,15,18-24H2,1H3;2*1H/b27-13-;;. The molecule has 1 fully saturated rings. The number of halogens is 3. The number of carbonyl (C=O) groups excluding carboxylic acids is 1. The van der Waals surface area contributed by atoms with E-state index in [9.17, 15) is 4.79 Å². The molecule has 2 aliphatic heterocycles. The first-order valence-electron chi connectivity index (χ1n) is 14.5. The Bertz CT molecular complexity index is 1070. The molecule has 222 valence electrons. The van der Waals surface area contributed by atoms with Crippen molar-refractivity contribution in [3.63, 3.8) is 0 Å². The van der Waals surface area contributed by atoms with E-state index in [1.54, 1.807) is 0 Å². The lowest BCUT2D eigenvalue weighted by atomic mass is 9.96. The summed E-state index contributed by atoms with van der Waals surface area (Å²) in [6.07, 6.45) is 12.5. The predicted octanol–water partition coefficient (Wildman–Crippen LogP) is 8.77. The van der Waals surface area contributed by atoms with Gasteiger partial charge in [-0.1, -0.05) is 93.1 Å². The first-order valence-corrected chi connectivity index (χ1v) is 15.7. The fraction of sp³-hybridized carbons (Fsp3) is 0.531. The molecule has 0 N–H and O–H groups in total. The average molecular weight is 628 g/mol. The Hall–Kier alpha value is -1.21. The number of fused-ring (bicyclic) bond motifs is 2. The number of nitrogens with zero attached hydrogens (tertiary/aromatic N) is 2. The number of esters is 1. The van der Waals surface area contributed by atoms with Gasteiger partial charge in [0, 0.05) is 60.5 Å². The van der Waals surface area contributed by atoms with Crippen LogP contribution in [-0.2, 0) is 9.53 Å². The van der Waals surface area contributed by atoms with Gasteiger partial charge in [-0.05, 0) is 53.8 Å². The minimum atomic E-state index is -0.0317. The van der Waals surface area contributed by atoms with Crippen molar-refractivity contribution in [3.05, 3.63) is 64.7 Å². The van der Waals surface area contributed by atoms with Crippen LogP contribution < -0.4 is 0 Å². The zero-order valence-corrected chi connectivity index (χ0v) is 27.0. The molecule has 0 amide bonds. The lowest BCUT2D eigenvalue weighted by Gasteiger charge is -2.34. The third-order valence-corrected chi connectivity index (χ3v) is 8.93. The molecule has 0 radical (unpaired) electrons. The minimum Gasteiger partial charge on any atom is -0.464 e. The quantitative estimate of drug-likeness (QED) is 0.132. The van der Waals surface area contributed by atoms with Gasteiger partial charge < -0.3 is 9.64 Å². The summed E-state index contributed by atoms with van der Waals surface area (Å²) in [5.74, 6) is -0.0317. The second-order valence-electron chi connectivity index (χ2n) is 10.4. The molecule has 0 aromatic heterocycles. The number of unbranched alkanes of at least 4 members (excludes halogenated alkanes) is 6. The summed E-state index contributed by atoms with van der Waals surface area (Å²) in [7, 11) is 0. The second kappa shape index (κ2) is 19.1. The van der Waals surface area contributed by atoms with Crippen molar-refractivity contribution in [2.24, 2.45) is 0 Å². The summed E-state index contributed by atoms with van der Waals surface area (Å²) in [6, 6.07) is 14.9. The Morgan fingerprint density at radius 1 is 0.875 bits per heavy atom. The van der Waals surface area contributed by atoms with E-state index in [-0.39, 0.29) is 30.8 Å². The highest BCUT2D eigenvalue weighted by molar-refractivity contribution is 7.99. The van der Waals surface area contributed by atoms with Gasteiger partial charge in [0.15, 0.2) is 0 Å². The Morgan fingerprint density at radius 2 is 1.52 bits per heavy atom. The molecule has 0 spiro atoms. The number of hydrogen-bond acceptors (Lipinski definition) is 5. The van der Waals surface area contributed by atoms with E-state index in [1.807, 2.05) is 17.8 Å². The van der Waals surface area contributed by atoms with Crippen LogP contribution >= 0.6 is 48.2 Å². The van der Waals surface area contributed by atoms with Gasteiger partial charge in [-0.15, -0.1) is 24.8 Å². The van der Waals surface area contributed by atoms with Crippen molar-refractivity contribution < 1.29 is 9.53 Å². The molecule has 2 heterocycles. The van der Waals surface area contributed by atoms with Crippen LogP contribution in [0, 0.1) is 0 Å². The van der Waals surface area contributed by atoms with E-state index in [0.717, 1.165) is 63.6 Å². The summed E-state index contributed by atoms with van der Waals surface area (Å²) < 4.78 is 5.50. The van der Waals surface area contributed by atoms with Crippen molar-refractivity contribution >= 4 is 59.7 Å². The third-order valence-electron chi connectivity index (χ3n) is 7.54. The molecule has 1 saturated heterocycles. The summed E-state index contributed by atoms with van der Waals surface area (Å²) in [5.41, 5.74) is 3.85. The van der Waals surface area contributed by atoms with Crippen molar-refractivity contribution in [3.8, 4) is 0 Å². The normalized spacial score (nSPS) is 16.0. The molecule has 0 atom stereocenters. The summed E-state index contributed by atoms with van der Waals surface area (Å²) >= 11 is 8.19. The van der Waals surface area contributed by atoms with E-state index < -0.39 is 0 Å². The maximum atomic E-state index is 12.0. The first kappa shape index (κ1) is 35.0. The summed E-state index contributed by atoms with van der Waals surface area (Å²) in [6.45, 7) is 8.83. The van der Waals surface area contributed by atoms with Gasteiger partial charge in [0.1, 0.15) is 6.61 Å². The Balaban J connectivity index is 0.00000280. The summed E-state index contributed by atoms with van der Waals surface area (Å²) in [4.78, 5) is 19.6. The van der Waals surface area contributed by atoms with Gasteiger partial charge in [0.25, 0.3) is 0 Å². The van der Waals surface area contributed by atoms with Crippen LogP contribution in [0.1, 0.15) is 75.8 Å². The maximum Gasteiger partial charge on any atom is 0.305 e. The highest BCUT2D eigenvalue weighted by Gasteiger charge is 2.21. The molecule has 0 unspecified atom stereocenters. The highest BCUT2D eigenvalue weighted by atomic mass is 35.5. The smallest absolute Gasteiger partial charge is 0.305 e. The molecule has 2 aromatic rings. The lowest BCUT2D eigenvalue weighted by Crippen LogP contribution is -2.47. The zero-order chi connectivity index (χ0) is 26.6. The topological polar surface area (TPSA) is 32.8 Å². The fourth-order valence-corrected chi connectivity index (χ4v) is 6.54. The SMILES string of the molecule is CCCCCCCCCC(=O)OCCN1CCN(CC/C=C2/c3ccccc3Sc3ccc(Cl)cc32)CC1.Cl.Cl. The van der Waals surface area contributed by atoms with E-state index in [2.05, 4.69) is 59.2 Å². The molecule has 2 aliphatic rings. The second-order valence-corrected chi connectivity index (χ2v) is 11.9. The largest absolute Gasteiger partial charge is 0.464 e. The first-order chi connectivity index (χ1) is 18.6. The van der Waals surface area contributed by atoms with Crippen LogP contribution in [0.15, 0.2) is 58.3 Å². The molecular weight excluding hydrogens is 583 g/mol. The average Bonchev–Trinajstić information content (AvgIpc) is 2.93. The van der Waals surface area contributed by atoms with Crippen LogP contribution in [0.3, 0.4) is 0 Å². The van der Waals surface area contributed by atoms with E-state index >= 15 is 0 Å². The molecule has 0 aliphatic carbocycles. The van der Waals surface area contributed by atoms with Crippen LogP contribution in [0.2, 0.25) is 5.02 Å². The van der Waals surface area contributed by atoms with E-state index in [1.165, 1.54) is 58.6 Å². The van der Waals surface area contributed by atoms with Crippen molar-refractivity contribution in [1.82, 2.24) is 9.80 Å². The molecule has 0 bridgehead atoms. The van der Waals surface area contributed by atoms with Gasteiger partial charge in [0.2, 0.25) is 0 Å². The number of piperazine rings is 1. The van der Waals surface area contributed by atoms with Crippen LogP contribution in [0.5, 0.6) is 0 Å². The molecule has 2 aromatic carbocycles. The van der Waals surface area contributed by atoms with Crippen molar-refractivity contribution in [2.75, 3.05) is 45.9 Å². The number of ether oxygens (including phenoxy) is 1. The Morgan fingerprint density at radius 3 is 2.27 bits per heavy atom. The molecule has 4 rings (SSSR count). The van der Waals surface area contributed by atoms with Crippen LogP contribution in [-0.4, -0.2) is 61.6 Å². The van der Waals surface area contributed by atoms with Gasteiger partial charge in [-0.2, -0.15) is 0 Å². The number of rotatable bonds is 14. The van der Waals surface area contributed by atoms with Crippen molar-refractivity contribution in [2.45, 2.75) is 74.5 Å². The number of hydrogen-bond donors (Lipinski definition) is 0. The van der Waals surface area contributed by atoms with E-state index in [0.29, 0.717) is 13.0 Å². The minimum absolute atomic E-state index is 0. The number of benzene rings is 2.